The fourth-order valence-corrected chi connectivity index (χ4v) is 3.52. The molecule has 3 aromatic rings. The average Bonchev–Trinajstić information content (AvgIpc) is 3.24. The highest BCUT2D eigenvalue weighted by Gasteiger charge is 2.25. The van der Waals surface area contributed by atoms with Crippen molar-refractivity contribution in [3.8, 4) is 11.4 Å². The third-order valence-corrected chi connectivity index (χ3v) is 5.00. The van der Waals surface area contributed by atoms with Crippen LogP contribution >= 0.6 is 0 Å². The number of imidazole rings is 1. The first-order chi connectivity index (χ1) is 14.2. The summed E-state index contributed by atoms with van der Waals surface area (Å²) in [5, 5.41) is 0. The summed E-state index contributed by atoms with van der Waals surface area (Å²) in [6.45, 7) is 4.95. The molecule has 29 heavy (non-hydrogen) atoms. The number of anilines is 1. The van der Waals surface area contributed by atoms with Crippen LogP contribution < -0.4 is 9.64 Å². The highest BCUT2D eigenvalue weighted by molar-refractivity contribution is 5.94. The Morgan fingerprint density at radius 3 is 2.48 bits per heavy atom. The summed E-state index contributed by atoms with van der Waals surface area (Å²) in [6, 6.07) is 13.9. The highest BCUT2D eigenvalue weighted by atomic mass is 19.1. The molecule has 4 rings (SSSR count). The largest absolute Gasteiger partial charge is 0.494 e. The first-order valence-electron chi connectivity index (χ1n) is 9.72. The standard InChI is InChI=1S/C22H23FN4O2/c1-2-29-18-9-7-17(8-10-18)21(28)25-13-15-26(16-14-25)22-24-11-12-27(22)20-6-4-3-5-19(20)23/h3-12H,2,13-16H2,1H3. The summed E-state index contributed by atoms with van der Waals surface area (Å²) >= 11 is 0. The molecule has 1 fully saturated rings. The van der Waals surface area contributed by atoms with Crippen molar-refractivity contribution in [3.05, 3.63) is 72.3 Å². The van der Waals surface area contributed by atoms with Crippen molar-refractivity contribution >= 4 is 11.9 Å². The molecule has 1 amide bonds. The SMILES string of the molecule is CCOc1ccc(C(=O)N2CCN(c3nccn3-c3ccccc3F)CC2)cc1. The molecule has 150 valence electrons. The second kappa shape index (κ2) is 8.34. The number of hydrogen-bond acceptors (Lipinski definition) is 4. The number of carbonyl (C=O) groups excluding carboxylic acids is 1. The monoisotopic (exact) mass is 394 g/mol. The molecule has 1 aliphatic heterocycles. The molecule has 0 unspecified atom stereocenters. The maximum absolute atomic E-state index is 14.2. The van der Waals surface area contributed by atoms with Crippen molar-refractivity contribution in [1.82, 2.24) is 14.5 Å². The Labute approximate surface area is 169 Å². The highest BCUT2D eigenvalue weighted by Crippen LogP contribution is 2.22. The van der Waals surface area contributed by atoms with Crippen LogP contribution in [0, 0.1) is 5.82 Å². The number of benzene rings is 2. The van der Waals surface area contributed by atoms with E-state index in [1.165, 1.54) is 6.07 Å². The van der Waals surface area contributed by atoms with Gasteiger partial charge in [0.25, 0.3) is 5.91 Å². The number of aromatic nitrogens is 2. The van der Waals surface area contributed by atoms with Gasteiger partial charge in [-0.1, -0.05) is 12.1 Å². The number of para-hydroxylation sites is 1. The van der Waals surface area contributed by atoms with Crippen LogP contribution in [-0.4, -0.2) is 53.1 Å². The van der Waals surface area contributed by atoms with E-state index in [2.05, 4.69) is 9.88 Å². The van der Waals surface area contributed by atoms with Crippen molar-refractivity contribution in [3.63, 3.8) is 0 Å². The minimum absolute atomic E-state index is 0.00476. The van der Waals surface area contributed by atoms with Crippen LogP contribution in [0.4, 0.5) is 10.3 Å². The van der Waals surface area contributed by atoms with Crippen LogP contribution in [-0.2, 0) is 0 Å². The van der Waals surface area contributed by atoms with Crippen LogP contribution in [0.3, 0.4) is 0 Å². The van der Waals surface area contributed by atoms with E-state index in [9.17, 15) is 9.18 Å². The van der Waals surface area contributed by atoms with Gasteiger partial charge in [-0.05, 0) is 43.3 Å². The van der Waals surface area contributed by atoms with Crippen LogP contribution in [0.5, 0.6) is 5.75 Å². The Kier molecular flexibility index (Phi) is 5.46. The number of halogens is 1. The topological polar surface area (TPSA) is 50.6 Å². The van der Waals surface area contributed by atoms with Gasteiger partial charge in [0, 0.05) is 44.1 Å². The van der Waals surface area contributed by atoms with Crippen molar-refractivity contribution in [1.29, 1.82) is 0 Å². The molecule has 6 nitrogen and oxygen atoms in total. The minimum Gasteiger partial charge on any atom is -0.494 e. The molecule has 0 saturated carbocycles. The van der Waals surface area contributed by atoms with E-state index in [0.29, 0.717) is 50.0 Å². The fraction of sp³-hybridized carbons (Fsp3) is 0.273. The van der Waals surface area contributed by atoms with E-state index in [1.807, 2.05) is 24.0 Å². The average molecular weight is 394 g/mol. The van der Waals surface area contributed by atoms with Crippen LogP contribution in [0.25, 0.3) is 5.69 Å². The lowest BCUT2D eigenvalue weighted by Crippen LogP contribution is -2.49. The molecular weight excluding hydrogens is 371 g/mol. The number of amides is 1. The number of nitrogens with zero attached hydrogens (tertiary/aromatic N) is 4. The van der Waals surface area contributed by atoms with E-state index in [0.717, 1.165) is 5.75 Å². The lowest BCUT2D eigenvalue weighted by Gasteiger charge is -2.35. The van der Waals surface area contributed by atoms with Gasteiger partial charge in [-0.3, -0.25) is 9.36 Å². The summed E-state index contributed by atoms with van der Waals surface area (Å²) < 4.78 is 21.4. The van der Waals surface area contributed by atoms with Gasteiger partial charge in [0.15, 0.2) is 0 Å². The van der Waals surface area contributed by atoms with Crippen molar-refractivity contribution in [2.24, 2.45) is 0 Å². The lowest BCUT2D eigenvalue weighted by atomic mass is 10.1. The first-order valence-corrected chi connectivity index (χ1v) is 9.72. The summed E-state index contributed by atoms with van der Waals surface area (Å²) in [4.78, 5) is 21.1. The van der Waals surface area contributed by atoms with Gasteiger partial charge in [0.05, 0.1) is 12.3 Å². The predicted molar refractivity (Wildman–Crippen MR) is 109 cm³/mol. The number of hydrogen-bond donors (Lipinski definition) is 0. The maximum atomic E-state index is 14.2. The third kappa shape index (κ3) is 3.94. The van der Waals surface area contributed by atoms with E-state index < -0.39 is 0 Å². The van der Waals surface area contributed by atoms with Gasteiger partial charge in [0.2, 0.25) is 5.95 Å². The zero-order valence-corrected chi connectivity index (χ0v) is 16.3. The van der Waals surface area contributed by atoms with Crippen LogP contribution in [0.15, 0.2) is 60.9 Å². The third-order valence-electron chi connectivity index (χ3n) is 5.00. The van der Waals surface area contributed by atoms with Crippen molar-refractivity contribution in [2.45, 2.75) is 6.92 Å². The molecule has 2 heterocycles. The molecule has 0 N–H and O–H groups in total. The van der Waals surface area contributed by atoms with Crippen LogP contribution in [0.1, 0.15) is 17.3 Å². The molecule has 1 aliphatic rings. The van der Waals surface area contributed by atoms with Gasteiger partial charge < -0.3 is 14.5 Å². The normalized spacial score (nSPS) is 14.1. The molecule has 0 radical (unpaired) electrons. The summed E-state index contributed by atoms with van der Waals surface area (Å²) in [5.74, 6) is 1.15. The molecule has 7 heteroatoms. The van der Waals surface area contributed by atoms with E-state index in [1.54, 1.807) is 47.3 Å². The molecule has 0 spiro atoms. The van der Waals surface area contributed by atoms with E-state index >= 15 is 0 Å². The van der Waals surface area contributed by atoms with Gasteiger partial charge in [-0.25, -0.2) is 9.37 Å². The quantitative estimate of drug-likeness (QED) is 0.666. The first kappa shape index (κ1) is 19.0. The van der Waals surface area contributed by atoms with Crippen molar-refractivity contribution < 1.29 is 13.9 Å². The smallest absolute Gasteiger partial charge is 0.253 e. The lowest BCUT2D eigenvalue weighted by molar-refractivity contribution is 0.0746. The van der Waals surface area contributed by atoms with Crippen LogP contribution in [0.2, 0.25) is 0 Å². The van der Waals surface area contributed by atoms with Gasteiger partial charge in [-0.15, -0.1) is 0 Å². The molecule has 1 saturated heterocycles. The summed E-state index contributed by atoms with van der Waals surface area (Å²) in [5.41, 5.74) is 1.11. The maximum Gasteiger partial charge on any atom is 0.253 e. The van der Waals surface area contributed by atoms with Gasteiger partial charge in [-0.2, -0.15) is 0 Å². The fourth-order valence-electron chi connectivity index (χ4n) is 3.52. The predicted octanol–water partition coefficient (Wildman–Crippen LogP) is 3.37. The summed E-state index contributed by atoms with van der Waals surface area (Å²) in [7, 11) is 0. The Balaban J connectivity index is 1.43. The minimum atomic E-state index is -0.295. The molecule has 2 aromatic carbocycles. The van der Waals surface area contributed by atoms with Gasteiger partial charge >= 0.3 is 0 Å². The molecule has 0 aliphatic carbocycles. The zero-order chi connectivity index (χ0) is 20.2. The number of rotatable bonds is 5. The molecule has 0 bridgehead atoms. The number of piperazine rings is 1. The number of ether oxygens (including phenoxy) is 1. The molecular formula is C22H23FN4O2. The van der Waals surface area contributed by atoms with E-state index in [4.69, 9.17) is 4.74 Å². The second-order valence-corrected chi connectivity index (χ2v) is 6.79. The van der Waals surface area contributed by atoms with Crippen molar-refractivity contribution in [2.75, 3.05) is 37.7 Å². The molecule has 0 atom stereocenters. The Morgan fingerprint density at radius 2 is 1.79 bits per heavy atom. The Bertz CT molecular complexity index is 978. The Morgan fingerprint density at radius 1 is 1.07 bits per heavy atom. The van der Waals surface area contributed by atoms with Gasteiger partial charge in [0.1, 0.15) is 11.6 Å². The Hall–Kier alpha value is -3.35. The van der Waals surface area contributed by atoms with E-state index in [-0.39, 0.29) is 11.7 Å². The zero-order valence-electron chi connectivity index (χ0n) is 16.3. The summed E-state index contributed by atoms with van der Waals surface area (Å²) in [6.07, 6.45) is 3.42. The molecule has 1 aromatic heterocycles. The number of carbonyl (C=O) groups is 1. The second-order valence-electron chi connectivity index (χ2n) is 6.79.